The molecular formula is C10H6FN5O. The van der Waals surface area contributed by atoms with Crippen molar-refractivity contribution in [1.82, 2.24) is 25.4 Å². The number of fused-ring (bicyclic) bond motifs is 1. The topological polar surface area (TPSA) is 87.3 Å². The average Bonchev–Trinajstić information content (AvgIpc) is 2.82. The first kappa shape index (κ1) is 9.64. The van der Waals surface area contributed by atoms with Crippen LogP contribution in [0.2, 0.25) is 0 Å². The van der Waals surface area contributed by atoms with Gasteiger partial charge in [-0.1, -0.05) is 5.21 Å². The van der Waals surface area contributed by atoms with E-state index in [0.717, 1.165) is 6.20 Å². The Bertz CT molecular complexity index is 734. The normalized spacial score (nSPS) is 10.9. The predicted octanol–water partition coefficient (Wildman–Crippen LogP) is 0.847. The molecule has 2 N–H and O–H groups in total. The summed E-state index contributed by atoms with van der Waals surface area (Å²) >= 11 is 0. The molecule has 6 nitrogen and oxygen atoms in total. The summed E-state index contributed by atoms with van der Waals surface area (Å²) in [7, 11) is 0. The Kier molecular flexibility index (Phi) is 1.97. The first-order valence-corrected chi connectivity index (χ1v) is 4.79. The molecule has 3 heterocycles. The van der Waals surface area contributed by atoms with Crippen molar-refractivity contribution in [2.45, 2.75) is 0 Å². The third kappa shape index (κ3) is 1.57. The van der Waals surface area contributed by atoms with Crippen LogP contribution < -0.4 is 5.56 Å². The molecular weight excluding hydrogens is 225 g/mol. The van der Waals surface area contributed by atoms with Gasteiger partial charge in [0.25, 0.3) is 5.56 Å². The van der Waals surface area contributed by atoms with Gasteiger partial charge in [0.15, 0.2) is 0 Å². The summed E-state index contributed by atoms with van der Waals surface area (Å²) in [4.78, 5) is 18.1. The fraction of sp³-hybridized carbons (Fsp3) is 0. The Balaban J connectivity index is 2.33. The summed E-state index contributed by atoms with van der Waals surface area (Å²) in [5, 5.41) is 10.3. The molecule has 84 valence electrons. The lowest BCUT2D eigenvalue weighted by atomic mass is 10.1. The molecule has 0 saturated heterocycles. The van der Waals surface area contributed by atoms with Gasteiger partial charge in [-0.15, -0.1) is 5.10 Å². The number of nitrogens with zero attached hydrogens (tertiary/aromatic N) is 3. The highest BCUT2D eigenvalue weighted by Crippen LogP contribution is 2.16. The number of H-pyrrole nitrogens is 2. The molecule has 7 heteroatoms. The van der Waals surface area contributed by atoms with E-state index in [2.05, 4.69) is 25.4 Å². The maximum Gasteiger partial charge on any atom is 0.259 e. The lowest BCUT2D eigenvalue weighted by Crippen LogP contribution is -2.09. The molecule has 0 amide bonds. The number of nitrogens with one attached hydrogen (secondary N) is 2. The lowest BCUT2D eigenvalue weighted by molar-refractivity contribution is 0.624. The molecule has 0 aromatic carbocycles. The SMILES string of the molecule is O=c1[nH]c2ncc(F)cc2cc1-c1c[nH]nn1. The molecule has 0 aliphatic rings. The number of aromatic amines is 2. The average molecular weight is 231 g/mol. The quantitative estimate of drug-likeness (QED) is 0.649. The van der Waals surface area contributed by atoms with Crippen molar-refractivity contribution in [3.63, 3.8) is 0 Å². The molecule has 0 bridgehead atoms. The van der Waals surface area contributed by atoms with E-state index in [9.17, 15) is 9.18 Å². The maximum absolute atomic E-state index is 13.0. The highest BCUT2D eigenvalue weighted by molar-refractivity contribution is 5.79. The predicted molar refractivity (Wildman–Crippen MR) is 57.7 cm³/mol. The molecule has 3 aromatic heterocycles. The van der Waals surface area contributed by atoms with E-state index in [-0.39, 0.29) is 5.56 Å². The second-order valence-electron chi connectivity index (χ2n) is 3.46. The van der Waals surface area contributed by atoms with Crippen LogP contribution in [0.1, 0.15) is 0 Å². The van der Waals surface area contributed by atoms with Crippen LogP contribution in [0.25, 0.3) is 22.3 Å². The van der Waals surface area contributed by atoms with Crippen molar-refractivity contribution in [1.29, 1.82) is 0 Å². The molecule has 3 rings (SSSR count). The molecule has 0 radical (unpaired) electrons. The van der Waals surface area contributed by atoms with Crippen LogP contribution in [0.15, 0.2) is 29.3 Å². The van der Waals surface area contributed by atoms with Crippen LogP contribution in [0.4, 0.5) is 4.39 Å². The van der Waals surface area contributed by atoms with Crippen LogP contribution in [-0.2, 0) is 0 Å². The third-order valence-electron chi connectivity index (χ3n) is 2.35. The van der Waals surface area contributed by atoms with Gasteiger partial charge in [0.1, 0.15) is 17.2 Å². The van der Waals surface area contributed by atoms with Crippen LogP contribution in [0.5, 0.6) is 0 Å². The minimum absolute atomic E-state index is 0.318. The van der Waals surface area contributed by atoms with Gasteiger partial charge in [-0.3, -0.25) is 9.89 Å². The Hall–Kier alpha value is -2.57. The second kappa shape index (κ2) is 3.48. The monoisotopic (exact) mass is 231 g/mol. The van der Waals surface area contributed by atoms with Crippen LogP contribution in [0.3, 0.4) is 0 Å². The van der Waals surface area contributed by atoms with Gasteiger partial charge in [0.05, 0.1) is 18.0 Å². The van der Waals surface area contributed by atoms with Crippen molar-refractivity contribution in [2.24, 2.45) is 0 Å². The van der Waals surface area contributed by atoms with Gasteiger partial charge in [-0.25, -0.2) is 9.37 Å². The fourth-order valence-corrected chi connectivity index (χ4v) is 1.59. The number of pyridine rings is 2. The standard InChI is InChI=1S/C10H6FN5O/c11-6-1-5-2-7(8-4-13-16-15-8)10(17)14-9(5)12-3-6/h1-4H,(H,12,14,17)(H,13,15,16). The summed E-state index contributed by atoms with van der Waals surface area (Å²) in [5.41, 5.74) is 0.713. The van der Waals surface area contributed by atoms with E-state index >= 15 is 0 Å². The van der Waals surface area contributed by atoms with Gasteiger partial charge in [0, 0.05) is 5.39 Å². The molecule has 0 saturated carbocycles. The van der Waals surface area contributed by atoms with E-state index in [1.807, 2.05) is 0 Å². The lowest BCUT2D eigenvalue weighted by Gasteiger charge is -1.99. The van der Waals surface area contributed by atoms with Crippen LogP contribution >= 0.6 is 0 Å². The van der Waals surface area contributed by atoms with E-state index in [1.165, 1.54) is 18.3 Å². The van der Waals surface area contributed by atoms with Gasteiger partial charge in [0.2, 0.25) is 0 Å². The van der Waals surface area contributed by atoms with E-state index in [1.54, 1.807) is 0 Å². The number of aromatic nitrogens is 5. The zero-order valence-corrected chi connectivity index (χ0v) is 8.44. The maximum atomic E-state index is 13.0. The van der Waals surface area contributed by atoms with Crippen molar-refractivity contribution < 1.29 is 4.39 Å². The number of hydrogen-bond acceptors (Lipinski definition) is 4. The first-order valence-electron chi connectivity index (χ1n) is 4.79. The van der Waals surface area contributed by atoms with Crippen molar-refractivity contribution in [3.8, 4) is 11.3 Å². The smallest absolute Gasteiger partial charge is 0.259 e. The third-order valence-corrected chi connectivity index (χ3v) is 2.35. The van der Waals surface area contributed by atoms with Crippen LogP contribution in [-0.4, -0.2) is 25.4 Å². The van der Waals surface area contributed by atoms with Gasteiger partial charge < -0.3 is 4.98 Å². The highest BCUT2D eigenvalue weighted by atomic mass is 19.1. The number of rotatable bonds is 1. The summed E-state index contributed by atoms with van der Waals surface area (Å²) < 4.78 is 13.0. The van der Waals surface area contributed by atoms with Crippen molar-refractivity contribution >= 4 is 11.0 Å². The second-order valence-corrected chi connectivity index (χ2v) is 3.46. The Morgan fingerprint density at radius 1 is 1.29 bits per heavy atom. The zero-order valence-electron chi connectivity index (χ0n) is 8.44. The minimum Gasteiger partial charge on any atom is -0.306 e. The molecule has 3 aromatic rings. The van der Waals surface area contributed by atoms with Gasteiger partial charge in [-0.05, 0) is 12.1 Å². The largest absolute Gasteiger partial charge is 0.306 e. The number of halogens is 1. The molecule has 17 heavy (non-hydrogen) atoms. The summed E-state index contributed by atoms with van der Waals surface area (Å²) in [6.45, 7) is 0. The molecule has 0 unspecified atom stereocenters. The van der Waals surface area contributed by atoms with Crippen molar-refractivity contribution in [2.75, 3.05) is 0 Å². The van der Waals surface area contributed by atoms with E-state index in [4.69, 9.17) is 0 Å². The summed E-state index contributed by atoms with van der Waals surface area (Å²) in [6.07, 6.45) is 2.54. The van der Waals surface area contributed by atoms with Crippen molar-refractivity contribution in [3.05, 3.63) is 40.7 Å². The minimum atomic E-state index is -0.462. The molecule has 0 spiro atoms. The molecule has 0 fully saturated rings. The molecule has 0 aliphatic heterocycles. The van der Waals surface area contributed by atoms with Gasteiger partial charge >= 0.3 is 0 Å². The fourth-order valence-electron chi connectivity index (χ4n) is 1.59. The van der Waals surface area contributed by atoms with E-state index in [0.29, 0.717) is 22.3 Å². The van der Waals surface area contributed by atoms with Crippen LogP contribution in [0, 0.1) is 5.82 Å². The number of hydrogen-bond donors (Lipinski definition) is 2. The molecule has 0 atom stereocenters. The zero-order chi connectivity index (χ0) is 11.8. The highest BCUT2D eigenvalue weighted by Gasteiger charge is 2.08. The Morgan fingerprint density at radius 2 is 2.18 bits per heavy atom. The Labute approximate surface area is 93.5 Å². The summed E-state index contributed by atoms with van der Waals surface area (Å²) in [6, 6.07) is 2.82. The molecule has 0 aliphatic carbocycles. The van der Waals surface area contributed by atoms with E-state index < -0.39 is 5.82 Å². The summed E-state index contributed by atoms with van der Waals surface area (Å²) in [5.74, 6) is -0.462. The Morgan fingerprint density at radius 3 is 2.94 bits per heavy atom. The van der Waals surface area contributed by atoms with Gasteiger partial charge in [-0.2, -0.15) is 0 Å². The first-order chi connectivity index (χ1) is 8.24.